The van der Waals surface area contributed by atoms with Crippen molar-refractivity contribution in [1.29, 1.82) is 0 Å². The summed E-state index contributed by atoms with van der Waals surface area (Å²) in [6.45, 7) is 5.18. The molecule has 0 aromatic heterocycles. The topological polar surface area (TPSA) is 63.7 Å². The Kier molecular flexibility index (Phi) is 4.78. The lowest BCUT2D eigenvalue weighted by molar-refractivity contribution is -0.128. The number of imide groups is 1. The van der Waals surface area contributed by atoms with Gasteiger partial charge in [-0.05, 0) is 39.2 Å². The maximum absolute atomic E-state index is 11.9. The van der Waals surface area contributed by atoms with Crippen molar-refractivity contribution in [2.75, 3.05) is 12.0 Å². The van der Waals surface area contributed by atoms with Crippen LogP contribution in [0.3, 0.4) is 0 Å². The van der Waals surface area contributed by atoms with Crippen LogP contribution in [0.15, 0.2) is 0 Å². The van der Waals surface area contributed by atoms with Gasteiger partial charge in [-0.3, -0.25) is 9.59 Å². The first-order valence-electron chi connectivity index (χ1n) is 5.83. The van der Waals surface area contributed by atoms with E-state index in [1.54, 1.807) is 32.5 Å². The van der Waals surface area contributed by atoms with Gasteiger partial charge in [0.25, 0.3) is 0 Å². The highest BCUT2D eigenvalue weighted by Gasteiger charge is 2.43. The van der Waals surface area contributed by atoms with E-state index in [9.17, 15) is 14.4 Å². The second-order valence-electron chi connectivity index (χ2n) is 5.18. The minimum absolute atomic E-state index is 0.195. The van der Waals surface area contributed by atoms with Gasteiger partial charge in [0.2, 0.25) is 5.91 Å². The second kappa shape index (κ2) is 5.73. The third kappa shape index (κ3) is 3.73. The molecule has 1 heterocycles. The van der Waals surface area contributed by atoms with E-state index in [4.69, 9.17) is 4.74 Å². The van der Waals surface area contributed by atoms with E-state index in [1.807, 2.05) is 6.26 Å². The molecule has 1 aliphatic heterocycles. The Labute approximate surface area is 111 Å². The van der Waals surface area contributed by atoms with Crippen LogP contribution in [0.1, 0.15) is 33.6 Å². The maximum atomic E-state index is 11.9. The smallest absolute Gasteiger partial charge is 0.417 e. The van der Waals surface area contributed by atoms with Crippen LogP contribution < -0.4 is 0 Å². The number of thioether (sulfide) groups is 1. The van der Waals surface area contributed by atoms with Crippen LogP contribution in [0, 0.1) is 0 Å². The van der Waals surface area contributed by atoms with Crippen molar-refractivity contribution in [3.8, 4) is 0 Å². The van der Waals surface area contributed by atoms with Crippen molar-refractivity contribution in [3.05, 3.63) is 0 Å². The van der Waals surface area contributed by atoms with Gasteiger partial charge in [-0.15, -0.1) is 0 Å². The van der Waals surface area contributed by atoms with Gasteiger partial charge in [0.05, 0.1) is 6.42 Å². The standard InChI is InChI=1S/C12H19NO4S/c1-12(2,3)17-11(16)13-8(5-6-18-4)9(14)7-10(13)15/h8H,5-7H2,1-4H3. The molecular weight excluding hydrogens is 254 g/mol. The zero-order chi connectivity index (χ0) is 13.9. The molecule has 1 rings (SSSR count). The van der Waals surface area contributed by atoms with Gasteiger partial charge in [-0.1, -0.05) is 0 Å². The zero-order valence-corrected chi connectivity index (χ0v) is 12.0. The van der Waals surface area contributed by atoms with Crippen LogP contribution in [0.4, 0.5) is 4.79 Å². The Morgan fingerprint density at radius 3 is 2.56 bits per heavy atom. The molecule has 0 aliphatic carbocycles. The number of Topliss-reactive ketones (excluding diaryl/α,β-unsaturated/α-hetero) is 1. The quantitative estimate of drug-likeness (QED) is 0.734. The first kappa shape index (κ1) is 15.0. The molecule has 1 fully saturated rings. The number of likely N-dealkylation sites (tertiary alicyclic amines) is 1. The molecule has 102 valence electrons. The summed E-state index contributed by atoms with van der Waals surface area (Å²) in [4.78, 5) is 36.3. The fraction of sp³-hybridized carbons (Fsp3) is 0.750. The van der Waals surface area contributed by atoms with E-state index in [-0.39, 0.29) is 12.2 Å². The van der Waals surface area contributed by atoms with E-state index >= 15 is 0 Å². The number of carbonyl (C=O) groups excluding carboxylic acids is 3. The average Bonchev–Trinajstić information content (AvgIpc) is 2.47. The summed E-state index contributed by atoms with van der Waals surface area (Å²) in [5, 5.41) is 0. The monoisotopic (exact) mass is 273 g/mol. The molecule has 1 aliphatic rings. The largest absolute Gasteiger partial charge is 0.443 e. The predicted molar refractivity (Wildman–Crippen MR) is 69.5 cm³/mol. The van der Waals surface area contributed by atoms with Crippen molar-refractivity contribution >= 4 is 29.5 Å². The summed E-state index contributed by atoms with van der Waals surface area (Å²) in [6, 6.07) is -0.653. The lowest BCUT2D eigenvalue weighted by Crippen LogP contribution is -2.43. The van der Waals surface area contributed by atoms with Gasteiger partial charge >= 0.3 is 6.09 Å². The third-order valence-electron chi connectivity index (χ3n) is 2.46. The molecule has 6 heteroatoms. The average molecular weight is 273 g/mol. The molecule has 2 amide bonds. The number of hydrogen-bond acceptors (Lipinski definition) is 5. The fourth-order valence-corrected chi connectivity index (χ4v) is 2.19. The molecule has 1 atom stereocenters. The van der Waals surface area contributed by atoms with Gasteiger partial charge in [0.1, 0.15) is 11.6 Å². The Balaban J connectivity index is 2.79. The molecular formula is C12H19NO4S. The minimum Gasteiger partial charge on any atom is -0.443 e. The highest BCUT2D eigenvalue weighted by Crippen LogP contribution is 2.22. The summed E-state index contributed by atoms with van der Waals surface area (Å²) in [6.07, 6.45) is 1.49. The van der Waals surface area contributed by atoms with E-state index in [2.05, 4.69) is 0 Å². The van der Waals surface area contributed by atoms with Crippen molar-refractivity contribution in [2.45, 2.75) is 45.3 Å². The van der Waals surface area contributed by atoms with Crippen molar-refractivity contribution in [1.82, 2.24) is 4.90 Å². The Hall–Kier alpha value is -1.04. The van der Waals surface area contributed by atoms with Crippen LogP contribution in [0.5, 0.6) is 0 Å². The molecule has 0 spiro atoms. The zero-order valence-electron chi connectivity index (χ0n) is 11.2. The molecule has 0 aromatic rings. The molecule has 18 heavy (non-hydrogen) atoms. The van der Waals surface area contributed by atoms with Gasteiger partial charge in [-0.2, -0.15) is 11.8 Å². The number of hydrogen-bond donors (Lipinski definition) is 0. The first-order valence-corrected chi connectivity index (χ1v) is 7.22. The van der Waals surface area contributed by atoms with E-state index in [0.717, 1.165) is 10.7 Å². The Bertz CT molecular complexity index is 362. The molecule has 1 saturated heterocycles. The number of nitrogens with zero attached hydrogens (tertiary/aromatic N) is 1. The van der Waals surface area contributed by atoms with Gasteiger partial charge < -0.3 is 4.74 Å². The summed E-state index contributed by atoms with van der Waals surface area (Å²) in [7, 11) is 0. The summed E-state index contributed by atoms with van der Waals surface area (Å²) in [5.74, 6) is 0.0726. The van der Waals surface area contributed by atoms with Gasteiger partial charge in [-0.25, -0.2) is 9.69 Å². The summed E-state index contributed by atoms with van der Waals surface area (Å²) in [5.41, 5.74) is -0.674. The molecule has 0 N–H and O–H groups in total. The van der Waals surface area contributed by atoms with Crippen LogP contribution in [0.2, 0.25) is 0 Å². The Morgan fingerprint density at radius 2 is 2.06 bits per heavy atom. The van der Waals surface area contributed by atoms with Crippen LogP contribution in [-0.4, -0.2) is 46.3 Å². The molecule has 1 unspecified atom stereocenters. The van der Waals surface area contributed by atoms with Crippen LogP contribution in [-0.2, 0) is 14.3 Å². The van der Waals surface area contributed by atoms with Crippen LogP contribution >= 0.6 is 11.8 Å². The number of ether oxygens (including phenoxy) is 1. The highest BCUT2D eigenvalue weighted by molar-refractivity contribution is 7.98. The predicted octanol–water partition coefficient (Wildman–Crippen LogP) is 1.84. The van der Waals surface area contributed by atoms with E-state index in [1.165, 1.54) is 0 Å². The highest BCUT2D eigenvalue weighted by atomic mass is 32.2. The van der Waals surface area contributed by atoms with Gasteiger partial charge in [0.15, 0.2) is 5.78 Å². The summed E-state index contributed by atoms with van der Waals surface area (Å²) >= 11 is 1.58. The van der Waals surface area contributed by atoms with Crippen molar-refractivity contribution < 1.29 is 19.1 Å². The molecule has 0 radical (unpaired) electrons. The van der Waals surface area contributed by atoms with Gasteiger partial charge in [0, 0.05) is 0 Å². The van der Waals surface area contributed by atoms with Crippen molar-refractivity contribution in [3.63, 3.8) is 0 Å². The third-order valence-corrected chi connectivity index (χ3v) is 3.11. The first-order chi connectivity index (χ1) is 8.26. The minimum atomic E-state index is -0.718. The molecule has 5 nitrogen and oxygen atoms in total. The lowest BCUT2D eigenvalue weighted by Gasteiger charge is -2.26. The van der Waals surface area contributed by atoms with E-state index < -0.39 is 23.6 Å². The van der Waals surface area contributed by atoms with Crippen LogP contribution in [0.25, 0.3) is 0 Å². The fourth-order valence-electron chi connectivity index (χ4n) is 1.73. The molecule has 0 aromatic carbocycles. The number of carbonyl (C=O) groups is 3. The van der Waals surface area contributed by atoms with Crippen molar-refractivity contribution in [2.24, 2.45) is 0 Å². The maximum Gasteiger partial charge on any atom is 0.417 e. The SMILES string of the molecule is CSCCC1C(=O)CC(=O)N1C(=O)OC(C)(C)C. The normalized spacial score (nSPS) is 20.4. The van der Waals surface area contributed by atoms with E-state index in [0.29, 0.717) is 6.42 Å². The molecule has 0 bridgehead atoms. The molecule has 0 saturated carbocycles. The number of rotatable bonds is 3. The number of ketones is 1. The second-order valence-corrected chi connectivity index (χ2v) is 6.17. The Morgan fingerprint density at radius 1 is 1.44 bits per heavy atom. The summed E-state index contributed by atoms with van der Waals surface area (Å²) < 4.78 is 5.16. The number of amides is 2. The lowest BCUT2D eigenvalue weighted by atomic mass is 10.1.